The van der Waals surface area contributed by atoms with Crippen LogP contribution in [0.5, 0.6) is 0 Å². The first-order chi connectivity index (χ1) is 28.8. The van der Waals surface area contributed by atoms with E-state index in [2.05, 4.69) is 36.6 Å². The van der Waals surface area contributed by atoms with Gasteiger partial charge in [0, 0.05) is 17.9 Å². The highest BCUT2D eigenvalue weighted by Crippen LogP contribution is 2.08. The SMILES string of the molecule is CC(C)[C@H](NC(=O)C(CCC(=O)O)NC(=O)[C@H](CC(=O)O)NC(=O)CN=[N+]=[N-])C(=O)NC(CC(=O)O)C(=O)N[C@@H](C)C(=O)NCCOCCOCCOCCOCCC(=O)O. The molecule has 344 valence electrons. The topological polar surface area (TPSA) is 409 Å². The lowest BCUT2D eigenvalue weighted by molar-refractivity contribution is -0.142. The van der Waals surface area contributed by atoms with E-state index in [0.717, 1.165) is 0 Å². The quantitative estimate of drug-likeness (QED) is 0.0130. The van der Waals surface area contributed by atoms with Gasteiger partial charge in [-0.2, -0.15) is 0 Å². The molecule has 10 N–H and O–H groups in total. The molecule has 0 aliphatic rings. The van der Waals surface area contributed by atoms with Crippen molar-refractivity contribution in [1.82, 2.24) is 31.9 Å². The third-order valence-electron chi connectivity index (χ3n) is 7.72. The largest absolute Gasteiger partial charge is 0.481 e. The number of carbonyl (C=O) groups excluding carboxylic acids is 6. The number of carboxylic acids is 4. The van der Waals surface area contributed by atoms with Crippen molar-refractivity contribution in [1.29, 1.82) is 0 Å². The number of ether oxygens (including phenoxy) is 4. The van der Waals surface area contributed by atoms with Crippen LogP contribution in [0, 0.1) is 5.92 Å². The molecular weight excluding hydrogens is 822 g/mol. The molecule has 6 amide bonds. The van der Waals surface area contributed by atoms with Gasteiger partial charge >= 0.3 is 23.9 Å². The second kappa shape index (κ2) is 31.7. The van der Waals surface area contributed by atoms with Gasteiger partial charge in [-0.3, -0.25) is 47.9 Å². The van der Waals surface area contributed by atoms with Crippen LogP contribution >= 0.6 is 0 Å². The highest BCUT2D eigenvalue weighted by Gasteiger charge is 2.34. The highest BCUT2D eigenvalue weighted by atomic mass is 16.6. The van der Waals surface area contributed by atoms with Gasteiger partial charge in [0.1, 0.15) is 36.8 Å². The van der Waals surface area contributed by atoms with E-state index >= 15 is 0 Å². The number of nitrogens with one attached hydrogen (secondary N) is 6. The van der Waals surface area contributed by atoms with Crippen LogP contribution in [0.1, 0.15) is 52.9 Å². The van der Waals surface area contributed by atoms with Gasteiger partial charge in [-0.05, 0) is 24.8 Å². The molecule has 61 heavy (non-hydrogen) atoms. The number of carboxylic acid groups (broad SMARTS) is 4. The Balaban J connectivity index is 5.28. The number of aliphatic carboxylic acids is 4. The minimum atomic E-state index is -1.81. The summed E-state index contributed by atoms with van der Waals surface area (Å²) in [6, 6.07) is -8.04. The van der Waals surface area contributed by atoms with Crippen LogP contribution in [0.25, 0.3) is 10.4 Å². The molecule has 0 aromatic rings. The van der Waals surface area contributed by atoms with Gasteiger partial charge in [0.15, 0.2) is 0 Å². The van der Waals surface area contributed by atoms with Crippen molar-refractivity contribution in [2.75, 3.05) is 65.9 Å². The Morgan fingerprint density at radius 1 is 0.541 bits per heavy atom. The minimum absolute atomic E-state index is 0.0231. The van der Waals surface area contributed by atoms with E-state index in [1.54, 1.807) is 0 Å². The van der Waals surface area contributed by atoms with Gasteiger partial charge in [0.05, 0.1) is 72.1 Å². The van der Waals surface area contributed by atoms with E-state index in [1.165, 1.54) is 20.8 Å². The van der Waals surface area contributed by atoms with E-state index in [4.69, 9.17) is 29.6 Å². The van der Waals surface area contributed by atoms with Crippen molar-refractivity contribution in [2.45, 2.75) is 83.1 Å². The predicted molar refractivity (Wildman–Crippen MR) is 204 cm³/mol. The summed E-state index contributed by atoms with van der Waals surface area (Å²) >= 11 is 0. The van der Waals surface area contributed by atoms with Crippen molar-refractivity contribution in [3.05, 3.63) is 10.4 Å². The molecule has 2 unspecified atom stereocenters. The van der Waals surface area contributed by atoms with E-state index in [9.17, 15) is 63.3 Å². The maximum absolute atomic E-state index is 13.4. The summed E-state index contributed by atoms with van der Waals surface area (Å²) in [5.41, 5.74) is 8.41. The first-order valence-corrected chi connectivity index (χ1v) is 18.8. The Morgan fingerprint density at radius 3 is 1.49 bits per heavy atom. The van der Waals surface area contributed by atoms with Gasteiger partial charge in [-0.15, -0.1) is 0 Å². The lowest BCUT2D eigenvalue weighted by atomic mass is 10.0. The summed E-state index contributed by atoms with van der Waals surface area (Å²) in [7, 11) is 0. The van der Waals surface area contributed by atoms with Crippen LogP contribution in [0.15, 0.2) is 5.11 Å². The van der Waals surface area contributed by atoms with E-state index in [-0.39, 0.29) is 65.8 Å². The molecule has 0 heterocycles. The molecule has 0 radical (unpaired) electrons. The van der Waals surface area contributed by atoms with Crippen LogP contribution in [-0.2, 0) is 66.9 Å². The molecule has 0 aliphatic carbocycles. The molecule has 0 aromatic carbocycles. The van der Waals surface area contributed by atoms with Gasteiger partial charge in [0.2, 0.25) is 35.4 Å². The van der Waals surface area contributed by atoms with Crippen molar-refractivity contribution >= 4 is 59.3 Å². The maximum Gasteiger partial charge on any atom is 0.305 e. The normalized spacial score (nSPS) is 13.2. The van der Waals surface area contributed by atoms with Gasteiger partial charge in [-0.1, -0.05) is 19.0 Å². The lowest BCUT2D eigenvalue weighted by Gasteiger charge is -2.28. The molecule has 0 aromatic heterocycles. The van der Waals surface area contributed by atoms with E-state index in [0.29, 0.717) is 0 Å². The average molecular weight is 878 g/mol. The molecule has 0 spiro atoms. The van der Waals surface area contributed by atoms with Crippen LogP contribution < -0.4 is 31.9 Å². The molecule has 0 saturated heterocycles. The molecule has 0 fully saturated rings. The molecule has 0 rings (SSSR count). The molecule has 0 aliphatic heterocycles. The standard InChI is InChI=1S/C34H55N9O18/c1-19(2)29(42-31(54)21(4-5-25(45)46)40-33(56)22(16-27(49)50)39-24(44)18-37-43-35)34(57)41-23(17-28(51)52)32(55)38-20(3)30(53)36-7-9-59-11-13-61-15-14-60-12-10-58-8-6-26(47)48/h19-23,29H,4-18H2,1-3H3,(H,36,53)(H,38,55)(H,39,44)(H,40,56)(H,41,57)(H,42,54)(H,45,46)(H,47,48)(H,49,50)(H,51,52)/t20-,21?,22-,23?,29-/m0/s1. The summed E-state index contributed by atoms with van der Waals surface area (Å²) in [4.78, 5) is 125. The molecule has 5 atom stereocenters. The van der Waals surface area contributed by atoms with Crippen LogP contribution in [-0.4, -0.2) is 176 Å². The summed E-state index contributed by atoms with van der Waals surface area (Å²) in [6.07, 6.45) is -3.32. The number of carbonyl (C=O) groups is 10. The zero-order chi connectivity index (χ0) is 46.3. The van der Waals surface area contributed by atoms with Crippen molar-refractivity contribution in [2.24, 2.45) is 11.0 Å². The highest BCUT2D eigenvalue weighted by molar-refractivity contribution is 5.98. The number of hydrogen-bond acceptors (Lipinski definition) is 15. The zero-order valence-corrected chi connectivity index (χ0v) is 33.9. The fourth-order valence-corrected chi connectivity index (χ4v) is 4.66. The number of hydrogen-bond donors (Lipinski definition) is 10. The van der Waals surface area contributed by atoms with E-state index in [1.807, 2.05) is 5.32 Å². The fourth-order valence-electron chi connectivity index (χ4n) is 4.66. The monoisotopic (exact) mass is 877 g/mol. The average Bonchev–Trinajstić information content (AvgIpc) is 3.17. The fraction of sp³-hybridized carbons (Fsp3) is 0.706. The summed E-state index contributed by atoms with van der Waals surface area (Å²) < 4.78 is 21.1. The first-order valence-electron chi connectivity index (χ1n) is 18.8. The molecule has 0 bridgehead atoms. The van der Waals surface area contributed by atoms with Gasteiger partial charge in [0.25, 0.3) is 0 Å². The molecule has 0 saturated carbocycles. The Morgan fingerprint density at radius 2 is 1.00 bits per heavy atom. The van der Waals surface area contributed by atoms with Crippen LogP contribution in [0.3, 0.4) is 0 Å². The van der Waals surface area contributed by atoms with Gasteiger partial charge < -0.3 is 71.3 Å². The smallest absolute Gasteiger partial charge is 0.305 e. The number of rotatable bonds is 35. The Bertz CT molecular complexity index is 1540. The van der Waals surface area contributed by atoms with Crippen LogP contribution in [0.4, 0.5) is 0 Å². The lowest BCUT2D eigenvalue weighted by Crippen LogP contribution is -2.60. The summed E-state index contributed by atoms with van der Waals surface area (Å²) in [5, 5.41) is 52.9. The van der Waals surface area contributed by atoms with Gasteiger partial charge in [-0.25, -0.2) is 0 Å². The first kappa shape index (κ1) is 54.8. The van der Waals surface area contributed by atoms with Crippen molar-refractivity contribution in [3.63, 3.8) is 0 Å². The third kappa shape index (κ3) is 27.3. The molecular formula is C34H55N9O18. The third-order valence-corrected chi connectivity index (χ3v) is 7.72. The Kier molecular flexibility index (Phi) is 28.5. The Hall–Kier alpha value is -6.15. The molecule has 27 heteroatoms. The predicted octanol–water partition coefficient (Wildman–Crippen LogP) is -3.13. The number of nitrogens with zero attached hydrogens (tertiary/aromatic N) is 3. The van der Waals surface area contributed by atoms with Crippen molar-refractivity contribution < 1.29 is 87.3 Å². The minimum Gasteiger partial charge on any atom is -0.481 e. The second-order valence-corrected chi connectivity index (χ2v) is 13.1. The summed E-state index contributed by atoms with van der Waals surface area (Å²) in [6.45, 7) is 5.04. The van der Waals surface area contributed by atoms with Crippen molar-refractivity contribution in [3.8, 4) is 0 Å². The maximum atomic E-state index is 13.4. The summed E-state index contributed by atoms with van der Waals surface area (Å²) in [5.74, 6) is -12.4. The molecule has 27 nitrogen and oxygen atoms in total. The van der Waals surface area contributed by atoms with E-state index < -0.39 is 128 Å². The second-order valence-electron chi connectivity index (χ2n) is 13.1. The number of azide groups is 1. The Labute approximate surface area is 348 Å². The number of amides is 6. The van der Waals surface area contributed by atoms with Crippen LogP contribution in [0.2, 0.25) is 0 Å². The zero-order valence-electron chi connectivity index (χ0n) is 33.9.